The number of ether oxygens (including phenoxy) is 3. The number of hydrogen-bond acceptors (Lipinski definition) is 6. The maximum absolute atomic E-state index is 12.0. The van der Waals surface area contributed by atoms with Crippen molar-refractivity contribution in [1.82, 2.24) is 5.32 Å². The molecule has 7 heteroatoms. The first kappa shape index (κ1) is 20.3. The van der Waals surface area contributed by atoms with Crippen molar-refractivity contribution in [2.75, 3.05) is 6.54 Å². The topological polar surface area (TPSA) is 90.9 Å². The molecule has 0 spiro atoms. The molecule has 7 nitrogen and oxygen atoms in total. The maximum Gasteiger partial charge on any atom is 0.410 e. The van der Waals surface area contributed by atoms with Crippen molar-refractivity contribution in [2.24, 2.45) is 0 Å². The predicted octanol–water partition coefficient (Wildman–Crippen LogP) is 3.06. The number of nitrogens with one attached hydrogen (secondary N) is 1. The van der Waals surface area contributed by atoms with E-state index in [1.807, 2.05) is 6.92 Å². The summed E-state index contributed by atoms with van der Waals surface area (Å²) in [5, 5.41) is 2.65. The summed E-state index contributed by atoms with van der Waals surface area (Å²) in [6, 6.07) is 0. The highest BCUT2D eigenvalue weighted by Crippen LogP contribution is 2.31. The van der Waals surface area contributed by atoms with Gasteiger partial charge < -0.3 is 19.5 Å². The number of alkyl carbamates (subject to hydrolysis) is 1. The van der Waals surface area contributed by atoms with Gasteiger partial charge >= 0.3 is 18.0 Å². The quantitative estimate of drug-likeness (QED) is 0.538. The van der Waals surface area contributed by atoms with Gasteiger partial charge in [0.1, 0.15) is 5.60 Å². The molecule has 0 aromatic carbocycles. The summed E-state index contributed by atoms with van der Waals surface area (Å²) in [7, 11) is 0. The lowest BCUT2D eigenvalue weighted by Gasteiger charge is -2.36. The zero-order valence-electron chi connectivity index (χ0n) is 14.9. The third-order valence-corrected chi connectivity index (χ3v) is 3.99. The zero-order valence-corrected chi connectivity index (χ0v) is 14.9. The molecule has 0 saturated heterocycles. The largest absolute Gasteiger partial charge is 0.457 e. The molecule has 138 valence electrons. The van der Waals surface area contributed by atoms with E-state index in [1.165, 1.54) is 6.92 Å². The van der Waals surface area contributed by atoms with E-state index in [9.17, 15) is 14.4 Å². The van der Waals surface area contributed by atoms with Crippen LogP contribution in [0, 0.1) is 0 Å². The molecule has 24 heavy (non-hydrogen) atoms. The van der Waals surface area contributed by atoms with Crippen molar-refractivity contribution in [3.8, 4) is 0 Å². The second-order valence-electron chi connectivity index (χ2n) is 6.16. The van der Waals surface area contributed by atoms with Gasteiger partial charge in [-0.2, -0.15) is 0 Å². The molecular formula is C17H29NO6. The average molecular weight is 343 g/mol. The second-order valence-corrected chi connectivity index (χ2v) is 6.16. The molecule has 0 radical (unpaired) electrons. The Bertz CT molecular complexity index is 431. The van der Waals surface area contributed by atoms with Crippen LogP contribution in [-0.2, 0) is 23.8 Å². The van der Waals surface area contributed by atoms with E-state index < -0.39 is 24.0 Å². The number of carbonyl (C=O) groups is 3. The lowest BCUT2D eigenvalue weighted by molar-refractivity contribution is -0.169. The summed E-state index contributed by atoms with van der Waals surface area (Å²) < 4.78 is 15.7. The fourth-order valence-electron chi connectivity index (χ4n) is 2.82. The summed E-state index contributed by atoms with van der Waals surface area (Å²) >= 11 is 0. The van der Waals surface area contributed by atoms with E-state index in [1.54, 1.807) is 6.92 Å². The highest BCUT2D eigenvalue weighted by molar-refractivity contribution is 5.70. The van der Waals surface area contributed by atoms with Gasteiger partial charge in [0.05, 0.1) is 6.54 Å². The highest BCUT2D eigenvalue weighted by Gasteiger charge is 2.36. The first-order chi connectivity index (χ1) is 11.4. The average Bonchev–Trinajstić information content (AvgIpc) is 2.53. The molecule has 0 aromatic heterocycles. The number of carbonyl (C=O) groups excluding carboxylic acids is 3. The van der Waals surface area contributed by atoms with Crippen LogP contribution in [0.1, 0.15) is 72.1 Å². The van der Waals surface area contributed by atoms with Crippen LogP contribution in [0.4, 0.5) is 4.79 Å². The normalized spacial score (nSPS) is 17.5. The number of esters is 2. The summed E-state index contributed by atoms with van der Waals surface area (Å²) in [4.78, 5) is 34.7. The Labute approximate surface area is 143 Å². The standard InChI is InChI=1S/C17H29NO6/c1-4-9-15(22-14(20)5-2)23-16(21)18-12-17(24-13(3)19)10-7-6-8-11-17/h15H,4-12H2,1-3H3,(H,18,21). The third kappa shape index (κ3) is 7.19. The molecule has 0 bridgehead atoms. The van der Waals surface area contributed by atoms with Crippen molar-refractivity contribution in [3.05, 3.63) is 0 Å². The van der Waals surface area contributed by atoms with Crippen molar-refractivity contribution >= 4 is 18.0 Å². The monoisotopic (exact) mass is 343 g/mol. The van der Waals surface area contributed by atoms with E-state index in [0.29, 0.717) is 12.8 Å². The molecule has 1 atom stereocenters. The van der Waals surface area contributed by atoms with Gasteiger partial charge in [-0.1, -0.05) is 20.3 Å². The van der Waals surface area contributed by atoms with Crippen LogP contribution in [0.3, 0.4) is 0 Å². The van der Waals surface area contributed by atoms with E-state index in [-0.39, 0.29) is 18.9 Å². The molecule has 1 aliphatic rings. The van der Waals surface area contributed by atoms with Gasteiger partial charge in [0, 0.05) is 19.8 Å². The van der Waals surface area contributed by atoms with E-state index in [0.717, 1.165) is 32.1 Å². The fourth-order valence-corrected chi connectivity index (χ4v) is 2.82. The Morgan fingerprint density at radius 2 is 1.75 bits per heavy atom. The van der Waals surface area contributed by atoms with Crippen LogP contribution >= 0.6 is 0 Å². The van der Waals surface area contributed by atoms with Crippen LogP contribution in [0.2, 0.25) is 0 Å². The van der Waals surface area contributed by atoms with Crippen LogP contribution in [0.25, 0.3) is 0 Å². The molecule has 1 N–H and O–H groups in total. The molecule has 0 aliphatic heterocycles. The van der Waals surface area contributed by atoms with Crippen LogP contribution in [-0.4, -0.2) is 36.5 Å². The van der Waals surface area contributed by atoms with Crippen LogP contribution in [0.15, 0.2) is 0 Å². The minimum atomic E-state index is -0.890. The molecule has 1 saturated carbocycles. The summed E-state index contributed by atoms with van der Waals surface area (Å²) in [5.41, 5.74) is -0.663. The second kappa shape index (κ2) is 10.2. The molecule has 1 aliphatic carbocycles. The van der Waals surface area contributed by atoms with Gasteiger partial charge in [-0.05, 0) is 32.1 Å². The zero-order chi connectivity index (χ0) is 18.0. The van der Waals surface area contributed by atoms with Gasteiger partial charge in [0.15, 0.2) is 0 Å². The van der Waals surface area contributed by atoms with Crippen molar-refractivity contribution in [3.63, 3.8) is 0 Å². The van der Waals surface area contributed by atoms with Gasteiger partial charge in [-0.25, -0.2) is 4.79 Å². The van der Waals surface area contributed by atoms with Crippen molar-refractivity contribution in [1.29, 1.82) is 0 Å². The predicted molar refractivity (Wildman–Crippen MR) is 87.1 cm³/mol. The lowest BCUT2D eigenvalue weighted by atomic mass is 9.84. The summed E-state index contributed by atoms with van der Waals surface area (Å²) in [5.74, 6) is -0.766. The highest BCUT2D eigenvalue weighted by atomic mass is 16.7. The SMILES string of the molecule is CCCC(OC(=O)CC)OC(=O)NCC1(OC(C)=O)CCCCC1. The fraction of sp³-hybridized carbons (Fsp3) is 0.824. The summed E-state index contributed by atoms with van der Waals surface area (Å²) in [6.45, 7) is 5.16. The van der Waals surface area contributed by atoms with Gasteiger partial charge in [0.2, 0.25) is 6.29 Å². The number of hydrogen-bond donors (Lipinski definition) is 1. The number of rotatable bonds is 8. The van der Waals surface area contributed by atoms with Crippen LogP contribution < -0.4 is 5.32 Å². The Morgan fingerprint density at radius 1 is 1.08 bits per heavy atom. The molecule has 0 heterocycles. The Hall–Kier alpha value is -1.79. The smallest absolute Gasteiger partial charge is 0.410 e. The molecular weight excluding hydrogens is 314 g/mol. The number of amides is 1. The Morgan fingerprint density at radius 3 is 2.29 bits per heavy atom. The van der Waals surface area contributed by atoms with Gasteiger partial charge in [0.25, 0.3) is 0 Å². The minimum Gasteiger partial charge on any atom is -0.457 e. The molecule has 1 unspecified atom stereocenters. The van der Waals surface area contributed by atoms with Gasteiger partial charge in [-0.15, -0.1) is 0 Å². The lowest BCUT2D eigenvalue weighted by Crippen LogP contribution is -2.48. The van der Waals surface area contributed by atoms with Crippen molar-refractivity contribution in [2.45, 2.75) is 84.0 Å². The molecule has 0 aromatic rings. The third-order valence-electron chi connectivity index (χ3n) is 3.99. The van der Waals surface area contributed by atoms with Crippen LogP contribution in [0.5, 0.6) is 0 Å². The first-order valence-corrected chi connectivity index (χ1v) is 8.74. The minimum absolute atomic E-state index is 0.200. The Balaban J connectivity index is 2.54. The van der Waals surface area contributed by atoms with Gasteiger partial charge in [-0.3, -0.25) is 9.59 Å². The van der Waals surface area contributed by atoms with Crippen molar-refractivity contribution < 1.29 is 28.6 Å². The van der Waals surface area contributed by atoms with E-state index in [4.69, 9.17) is 14.2 Å². The molecule has 1 rings (SSSR count). The molecule has 1 amide bonds. The molecule has 1 fully saturated rings. The van der Waals surface area contributed by atoms with E-state index >= 15 is 0 Å². The Kier molecular flexibility index (Phi) is 8.57. The maximum atomic E-state index is 12.0. The summed E-state index contributed by atoms with van der Waals surface area (Å²) in [6.07, 6.45) is 4.26. The first-order valence-electron chi connectivity index (χ1n) is 8.74. The van der Waals surface area contributed by atoms with E-state index in [2.05, 4.69) is 5.32 Å².